The lowest BCUT2D eigenvalue weighted by molar-refractivity contribution is -0.116. The van der Waals surface area contributed by atoms with E-state index >= 15 is 0 Å². The molecule has 1 saturated carbocycles. The number of amides is 2. The third-order valence-electron chi connectivity index (χ3n) is 4.73. The first kappa shape index (κ1) is 21.0. The van der Waals surface area contributed by atoms with E-state index in [1.54, 1.807) is 12.1 Å². The van der Waals surface area contributed by atoms with Crippen LogP contribution in [0.15, 0.2) is 47.0 Å². The van der Waals surface area contributed by atoms with Gasteiger partial charge in [-0.1, -0.05) is 11.6 Å². The number of carbonyl (C=O) groups excluding carboxylic acids is 2. The van der Waals surface area contributed by atoms with Crippen LogP contribution in [0.1, 0.15) is 35.5 Å². The van der Waals surface area contributed by atoms with Crippen molar-refractivity contribution in [3.63, 3.8) is 0 Å². The molecule has 2 N–H and O–H groups in total. The second-order valence-electron chi connectivity index (χ2n) is 7.23. The van der Waals surface area contributed by atoms with Gasteiger partial charge in [0.1, 0.15) is 11.6 Å². The number of nitrogens with one attached hydrogen (secondary N) is 2. The molecule has 1 heterocycles. The third kappa shape index (κ3) is 5.27. The molecule has 4 rings (SSSR count). The Morgan fingerprint density at radius 1 is 1.16 bits per heavy atom. The molecule has 3 aromatic rings. The maximum Gasteiger partial charge on any atom is 0.253 e. The van der Waals surface area contributed by atoms with Gasteiger partial charge in [0.25, 0.3) is 5.91 Å². The van der Waals surface area contributed by atoms with Crippen LogP contribution in [0.3, 0.4) is 0 Å². The summed E-state index contributed by atoms with van der Waals surface area (Å²) in [6.45, 7) is 0. The molecule has 0 bridgehead atoms. The quantitative estimate of drug-likeness (QED) is 0.550. The van der Waals surface area contributed by atoms with Crippen molar-refractivity contribution < 1.29 is 22.8 Å². The van der Waals surface area contributed by atoms with Gasteiger partial charge in [-0.2, -0.15) is 0 Å². The van der Waals surface area contributed by atoms with E-state index in [0.29, 0.717) is 11.3 Å². The molecule has 31 heavy (non-hydrogen) atoms. The molecule has 0 spiro atoms. The zero-order chi connectivity index (χ0) is 22.0. The number of benzene rings is 2. The van der Waals surface area contributed by atoms with Crippen LogP contribution in [0.4, 0.5) is 14.5 Å². The highest BCUT2D eigenvalue weighted by atomic mass is 35.5. The largest absolute Gasteiger partial charge is 0.441 e. The molecule has 0 unspecified atom stereocenters. The zero-order valence-electron chi connectivity index (χ0n) is 16.3. The molecule has 0 radical (unpaired) electrons. The Balaban J connectivity index is 1.33. The van der Waals surface area contributed by atoms with E-state index in [-0.39, 0.29) is 52.9 Å². The number of nitrogens with zero attached hydrogens (tertiary/aromatic N) is 1. The number of hydrogen-bond acceptors (Lipinski definition) is 4. The lowest BCUT2D eigenvalue weighted by Crippen LogP contribution is -2.25. The number of aromatic nitrogens is 1. The van der Waals surface area contributed by atoms with Gasteiger partial charge in [-0.15, -0.1) is 0 Å². The number of aryl methyl sites for hydroxylation is 1. The van der Waals surface area contributed by atoms with E-state index in [9.17, 15) is 18.4 Å². The van der Waals surface area contributed by atoms with Crippen LogP contribution >= 0.6 is 11.6 Å². The summed E-state index contributed by atoms with van der Waals surface area (Å²) >= 11 is 6.18. The lowest BCUT2D eigenvalue weighted by Gasteiger charge is -2.09. The molecule has 1 aromatic heterocycles. The smallest absolute Gasteiger partial charge is 0.253 e. The summed E-state index contributed by atoms with van der Waals surface area (Å²) in [6.07, 6.45) is 3.52. The zero-order valence-corrected chi connectivity index (χ0v) is 17.0. The second-order valence-corrected chi connectivity index (χ2v) is 7.64. The van der Waals surface area contributed by atoms with Gasteiger partial charge in [-0.05, 0) is 43.2 Å². The molecule has 160 valence electrons. The minimum absolute atomic E-state index is 0.0629. The number of oxazole rings is 1. The number of anilines is 1. The maximum atomic E-state index is 13.9. The van der Waals surface area contributed by atoms with E-state index in [1.807, 2.05) is 0 Å². The summed E-state index contributed by atoms with van der Waals surface area (Å²) in [5.74, 6) is -1.58. The topological polar surface area (TPSA) is 84.2 Å². The van der Waals surface area contributed by atoms with Crippen LogP contribution in [-0.2, 0) is 11.2 Å². The van der Waals surface area contributed by atoms with Crippen molar-refractivity contribution in [2.75, 3.05) is 5.32 Å². The van der Waals surface area contributed by atoms with E-state index in [0.717, 1.165) is 25.0 Å². The van der Waals surface area contributed by atoms with Gasteiger partial charge in [0.15, 0.2) is 11.7 Å². The van der Waals surface area contributed by atoms with Crippen LogP contribution in [0, 0.1) is 11.6 Å². The SMILES string of the molecule is O=C(CCc1ncc(-c2ccc(F)cc2F)o1)Nc1ccc(C(=O)NC2CC2)c(Cl)c1. The third-order valence-corrected chi connectivity index (χ3v) is 5.04. The van der Waals surface area contributed by atoms with Crippen molar-refractivity contribution in [3.8, 4) is 11.3 Å². The van der Waals surface area contributed by atoms with Crippen molar-refractivity contribution in [1.29, 1.82) is 0 Å². The average Bonchev–Trinajstić information content (AvgIpc) is 3.40. The Labute approximate surface area is 181 Å². The number of carbonyl (C=O) groups is 2. The monoisotopic (exact) mass is 445 g/mol. The van der Waals surface area contributed by atoms with Crippen molar-refractivity contribution in [1.82, 2.24) is 10.3 Å². The van der Waals surface area contributed by atoms with Crippen molar-refractivity contribution >= 4 is 29.1 Å². The summed E-state index contributed by atoms with van der Waals surface area (Å²) in [7, 11) is 0. The summed E-state index contributed by atoms with van der Waals surface area (Å²) in [5, 5.41) is 5.80. The Kier molecular flexibility index (Phi) is 5.99. The highest BCUT2D eigenvalue weighted by molar-refractivity contribution is 6.34. The summed E-state index contributed by atoms with van der Waals surface area (Å²) < 4.78 is 32.4. The number of hydrogen-bond donors (Lipinski definition) is 2. The van der Waals surface area contributed by atoms with Gasteiger partial charge < -0.3 is 15.1 Å². The molecule has 1 aliphatic carbocycles. The fraction of sp³-hybridized carbons (Fsp3) is 0.227. The minimum atomic E-state index is -0.758. The normalized spacial score (nSPS) is 13.1. The van der Waals surface area contributed by atoms with E-state index in [2.05, 4.69) is 15.6 Å². The van der Waals surface area contributed by atoms with Crippen LogP contribution in [0.25, 0.3) is 11.3 Å². The standard InChI is InChI=1S/C22H18ClF2N3O3/c23-17-10-14(4-6-15(17)22(30)28-13-2-3-13)27-20(29)7-8-21-26-11-19(31-21)16-5-1-12(24)9-18(16)25/h1,4-6,9-11,13H,2-3,7-8H2,(H,27,29)(H,28,30). The summed E-state index contributed by atoms with van der Waals surface area (Å²) in [4.78, 5) is 28.4. The molecule has 1 aliphatic rings. The molecule has 2 amide bonds. The van der Waals surface area contributed by atoms with E-state index < -0.39 is 11.6 Å². The lowest BCUT2D eigenvalue weighted by atomic mass is 10.2. The van der Waals surface area contributed by atoms with Crippen LogP contribution < -0.4 is 10.6 Å². The predicted octanol–water partition coefficient (Wildman–Crippen LogP) is 4.74. The van der Waals surface area contributed by atoms with E-state index in [4.69, 9.17) is 16.0 Å². The Morgan fingerprint density at radius 2 is 1.97 bits per heavy atom. The Morgan fingerprint density at radius 3 is 2.68 bits per heavy atom. The Bertz CT molecular complexity index is 1140. The summed E-state index contributed by atoms with van der Waals surface area (Å²) in [5.41, 5.74) is 0.899. The van der Waals surface area contributed by atoms with Crippen molar-refractivity contribution in [2.24, 2.45) is 0 Å². The van der Waals surface area contributed by atoms with Crippen LogP contribution in [0.2, 0.25) is 5.02 Å². The molecular formula is C22H18ClF2N3O3. The second kappa shape index (κ2) is 8.85. The fourth-order valence-corrected chi connectivity index (χ4v) is 3.22. The molecule has 1 fully saturated rings. The predicted molar refractivity (Wildman–Crippen MR) is 111 cm³/mol. The van der Waals surface area contributed by atoms with Gasteiger partial charge in [-0.25, -0.2) is 13.8 Å². The molecule has 9 heteroatoms. The maximum absolute atomic E-state index is 13.9. The van der Waals surface area contributed by atoms with Gasteiger partial charge in [0.2, 0.25) is 5.91 Å². The first-order chi connectivity index (χ1) is 14.9. The fourth-order valence-electron chi connectivity index (χ4n) is 2.95. The average molecular weight is 446 g/mol. The number of rotatable bonds is 7. The van der Waals surface area contributed by atoms with Gasteiger partial charge in [-0.3, -0.25) is 9.59 Å². The highest BCUT2D eigenvalue weighted by Crippen LogP contribution is 2.26. The highest BCUT2D eigenvalue weighted by Gasteiger charge is 2.24. The first-order valence-electron chi connectivity index (χ1n) is 9.69. The number of halogens is 3. The molecule has 0 aliphatic heterocycles. The van der Waals surface area contributed by atoms with Gasteiger partial charge >= 0.3 is 0 Å². The van der Waals surface area contributed by atoms with Crippen molar-refractivity contribution in [3.05, 3.63) is 70.7 Å². The molecule has 2 aromatic carbocycles. The van der Waals surface area contributed by atoms with E-state index in [1.165, 1.54) is 18.3 Å². The summed E-state index contributed by atoms with van der Waals surface area (Å²) in [6, 6.07) is 8.05. The van der Waals surface area contributed by atoms with Crippen molar-refractivity contribution in [2.45, 2.75) is 31.7 Å². The molecule has 6 nitrogen and oxygen atoms in total. The minimum Gasteiger partial charge on any atom is -0.441 e. The van der Waals surface area contributed by atoms with Gasteiger partial charge in [0, 0.05) is 30.6 Å². The Hall–Kier alpha value is -3.26. The molecule has 0 atom stereocenters. The van der Waals surface area contributed by atoms with Gasteiger partial charge in [0.05, 0.1) is 22.3 Å². The molecular weight excluding hydrogens is 428 g/mol. The first-order valence-corrected chi connectivity index (χ1v) is 10.1. The van der Waals surface area contributed by atoms with Crippen LogP contribution in [-0.4, -0.2) is 22.8 Å². The van der Waals surface area contributed by atoms with Crippen LogP contribution in [0.5, 0.6) is 0 Å². The molecule has 0 saturated heterocycles.